The molecule has 2 fully saturated rings. The molecule has 0 spiro atoms. The first-order chi connectivity index (χ1) is 29.8. The molecular weight excluding hydrogens is 799 g/mol. The summed E-state index contributed by atoms with van der Waals surface area (Å²) in [5.41, 5.74) is 17.3. The van der Waals surface area contributed by atoms with Crippen molar-refractivity contribution in [3.05, 3.63) is 71.8 Å². The van der Waals surface area contributed by atoms with Crippen molar-refractivity contribution in [1.29, 1.82) is 0 Å². The molecule has 6 heterocycles. The Morgan fingerprint density at radius 2 is 1.05 bits per heavy atom. The molecule has 4 atom stereocenters. The van der Waals surface area contributed by atoms with Crippen molar-refractivity contribution in [2.24, 2.45) is 11.8 Å². The SMILES string of the molecule is Cc1c(-c2cc3cc(NC(=O)N[C@@H]4C[C@@H]4C)ncc3c(N)c2F)cnc2c1NCCO2.Cc1c(-c2cc3cc(NC(=O)N[C@H]4C[C@H]4C)ncc3c(N)c2F)cnc2c1NCCO2. The van der Waals surface area contributed by atoms with Crippen molar-refractivity contribution >= 4 is 68.0 Å². The Labute approximate surface area is 355 Å². The number of anilines is 6. The van der Waals surface area contributed by atoms with Crippen LogP contribution in [0, 0.1) is 37.3 Å². The lowest BCUT2D eigenvalue weighted by molar-refractivity contribution is 0.250. The van der Waals surface area contributed by atoms with Gasteiger partial charge in [0.1, 0.15) is 36.2 Å². The molecule has 2 saturated carbocycles. The van der Waals surface area contributed by atoms with Crippen molar-refractivity contribution in [2.45, 2.75) is 52.6 Å². The highest BCUT2D eigenvalue weighted by Crippen LogP contribution is 2.41. The standard InChI is InChI=1S/2C22H23FN6O2/c2*1-10-5-16(10)28-22(30)29-17-7-12-6-13(18(23)19(24)15(12)9-26-17)14-8-27-21-20(11(14)2)25-3-4-31-21/h2*6-10,16,25H,3-5,24H2,1-2H3,(H2,26,28,29,30)/t2*10-,16+/m10/s1. The van der Waals surface area contributed by atoms with E-state index in [4.69, 9.17) is 20.9 Å². The zero-order valence-electron chi connectivity index (χ0n) is 34.5. The summed E-state index contributed by atoms with van der Waals surface area (Å²) in [7, 11) is 0. The van der Waals surface area contributed by atoms with E-state index >= 15 is 8.78 Å². The Morgan fingerprint density at radius 1 is 0.645 bits per heavy atom. The number of nitrogens with two attached hydrogens (primary N) is 2. The second kappa shape index (κ2) is 16.0. The molecule has 4 aliphatic rings. The molecule has 0 bridgehead atoms. The molecule has 6 aromatic rings. The maximum absolute atomic E-state index is 15.2. The van der Waals surface area contributed by atoms with Crippen molar-refractivity contribution in [3.8, 4) is 34.0 Å². The number of nitrogens with zero attached hydrogens (tertiary/aromatic N) is 4. The molecule has 10 N–H and O–H groups in total. The maximum atomic E-state index is 15.2. The van der Waals surface area contributed by atoms with E-state index in [-0.39, 0.29) is 35.5 Å². The van der Waals surface area contributed by atoms with E-state index in [1.54, 1.807) is 36.7 Å². The van der Waals surface area contributed by atoms with Gasteiger partial charge in [0.2, 0.25) is 11.8 Å². The van der Waals surface area contributed by atoms with E-state index in [0.717, 1.165) is 35.3 Å². The number of pyridine rings is 4. The van der Waals surface area contributed by atoms with Crippen molar-refractivity contribution < 1.29 is 27.8 Å². The normalized spacial score (nSPS) is 19.2. The summed E-state index contributed by atoms with van der Waals surface area (Å²) in [6, 6.07) is 6.57. The van der Waals surface area contributed by atoms with Gasteiger partial charge in [0.15, 0.2) is 11.6 Å². The summed E-state index contributed by atoms with van der Waals surface area (Å²) in [4.78, 5) is 41.4. The van der Waals surface area contributed by atoms with Gasteiger partial charge in [0.25, 0.3) is 0 Å². The van der Waals surface area contributed by atoms with Crippen LogP contribution in [0.3, 0.4) is 0 Å². The summed E-state index contributed by atoms with van der Waals surface area (Å²) < 4.78 is 41.6. The van der Waals surface area contributed by atoms with Gasteiger partial charge >= 0.3 is 12.1 Å². The number of halogens is 2. The average molecular weight is 845 g/mol. The zero-order chi connectivity index (χ0) is 43.4. The number of hydrogen-bond acceptors (Lipinski definition) is 12. The van der Waals surface area contributed by atoms with E-state index in [2.05, 4.69) is 65.7 Å². The average Bonchev–Trinajstić information content (AvgIpc) is 4.17. The quantitative estimate of drug-likeness (QED) is 0.0772. The molecule has 16 nitrogen and oxygen atoms in total. The van der Waals surface area contributed by atoms with Crippen LogP contribution in [0.2, 0.25) is 0 Å². The highest BCUT2D eigenvalue weighted by atomic mass is 19.1. The predicted octanol–water partition coefficient (Wildman–Crippen LogP) is 7.32. The van der Waals surface area contributed by atoms with E-state index in [0.29, 0.717) is 105 Å². The first-order valence-electron chi connectivity index (χ1n) is 20.5. The zero-order valence-corrected chi connectivity index (χ0v) is 34.5. The van der Waals surface area contributed by atoms with Crippen LogP contribution in [0.5, 0.6) is 11.8 Å². The number of aromatic nitrogens is 4. The van der Waals surface area contributed by atoms with Crippen molar-refractivity contribution in [3.63, 3.8) is 0 Å². The Balaban J connectivity index is 0.000000158. The summed E-state index contributed by atoms with van der Waals surface area (Å²) >= 11 is 0. The van der Waals surface area contributed by atoms with Gasteiger partial charge in [0, 0.05) is 83.0 Å². The molecular formula is C44H46F2N12O4. The molecule has 2 aliphatic carbocycles. The monoisotopic (exact) mass is 844 g/mol. The van der Waals surface area contributed by atoms with Gasteiger partial charge in [-0.3, -0.25) is 10.6 Å². The highest BCUT2D eigenvalue weighted by Gasteiger charge is 2.35. The summed E-state index contributed by atoms with van der Waals surface area (Å²) in [5.74, 6) is 1.68. The molecule has 0 radical (unpaired) electrons. The molecule has 4 aromatic heterocycles. The minimum absolute atomic E-state index is 0.00383. The molecule has 10 rings (SSSR count). The molecule has 18 heteroatoms. The van der Waals surface area contributed by atoms with Crippen molar-refractivity contribution in [2.75, 3.05) is 59.0 Å². The number of ether oxygens (including phenoxy) is 2. The fourth-order valence-corrected chi connectivity index (χ4v) is 7.80. The third-order valence-electron chi connectivity index (χ3n) is 11.8. The molecule has 0 saturated heterocycles. The smallest absolute Gasteiger partial charge is 0.320 e. The predicted molar refractivity (Wildman–Crippen MR) is 236 cm³/mol. The number of urea groups is 2. The number of nitrogen functional groups attached to an aromatic ring is 2. The number of rotatable bonds is 6. The fourth-order valence-electron chi connectivity index (χ4n) is 7.80. The van der Waals surface area contributed by atoms with Crippen LogP contribution in [0.25, 0.3) is 43.8 Å². The lowest BCUT2D eigenvalue weighted by Gasteiger charge is -2.22. The topological polar surface area (TPSA) is 228 Å². The van der Waals surface area contributed by atoms with Gasteiger partial charge in [-0.15, -0.1) is 0 Å². The third-order valence-corrected chi connectivity index (χ3v) is 11.8. The number of hydrogen-bond donors (Lipinski definition) is 8. The van der Waals surface area contributed by atoms with Crippen LogP contribution in [0.1, 0.15) is 37.8 Å². The second-order valence-corrected chi connectivity index (χ2v) is 16.2. The van der Waals surface area contributed by atoms with Gasteiger partial charge < -0.3 is 42.2 Å². The summed E-state index contributed by atoms with van der Waals surface area (Å²) in [6.45, 7) is 10.3. The van der Waals surface area contributed by atoms with E-state index in [9.17, 15) is 9.59 Å². The van der Waals surface area contributed by atoms with Gasteiger partial charge in [-0.1, -0.05) is 13.8 Å². The molecule has 2 aliphatic heterocycles. The van der Waals surface area contributed by atoms with Gasteiger partial charge in [-0.2, -0.15) is 0 Å². The number of amides is 4. The van der Waals surface area contributed by atoms with Crippen LogP contribution >= 0.6 is 0 Å². The highest BCUT2D eigenvalue weighted by molar-refractivity contribution is 6.01. The van der Waals surface area contributed by atoms with Crippen LogP contribution in [0.15, 0.2) is 49.1 Å². The Hall–Kier alpha value is -7.24. The second-order valence-electron chi connectivity index (χ2n) is 16.2. The van der Waals surface area contributed by atoms with Crippen LogP contribution in [0.4, 0.5) is 52.8 Å². The molecule has 4 amide bonds. The number of benzene rings is 2. The minimum Gasteiger partial charge on any atom is -0.474 e. The van der Waals surface area contributed by atoms with Crippen LogP contribution in [-0.2, 0) is 0 Å². The lowest BCUT2D eigenvalue weighted by Crippen LogP contribution is -2.31. The number of nitrogens with one attached hydrogen (secondary N) is 6. The van der Waals surface area contributed by atoms with E-state index < -0.39 is 11.6 Å². The summed E-state index contributed by atoms with van der Waals surface area (Å²) in [6.07, 6.45) is 8.09. The maximum Gasteiger partial charge on any atom is 0.320 e. The number of fused-ring (bicyclic) bond motifs is 4. The Morgan fingerprint density at radius 3 is 1.44 bits per heavy atom. The fraction of sp³-hybridized carbons (Fsp3) is 0.318. The van der Waals surface area contributed by atoms with Crippen molar-refractivity contribution in [1.82, 2.24) is 30.6 Å². The molecule has 0 unspecified atom stereocenters. The number of carbonyl (C=O) groups excluding carboxylic acids is 2. The van der Waals surface area contributed by atoms with E-state index in [1.807, 2.05) is 13.8 Å². The van der Waals surface area contributed by atoms with E-state index in [1.165, 1.54) is 12.4 Å². The summed E-state index contributed by atoms with van der Waals surface area (Å²) in [5, 5.41) is 20.1. The van der Waals surface area contributed by atoms with Gasteiger partial charge in [0.05, 0.1) is 11.4 Å². The Kier molecular flexibility index (Phi) is 10.4. The largest absolute Gasteiger partial charge is 0.474 e. The first-order valence-corrected chi connectivity index (χ1v) is 20.5. The first kappa shape index (κ1) is 40.2. The minimum atomic E-state index is -0.531. The molecule has 62 heavy (non-hydrogen) atoms. The van der Waals surface area contributed by atoms with Crippen LogP contribution < -0.4 is 52.8 Å². The third kappa shape index (κ3) is 7.78. The van der Waals surface area contributed by atoms with Gasteiger partial charge in [-0.05, 0) is 84.7 Å². The Bertz CT molecular complexity index is 2620. The van der Waals surface area contributed by atoms with Gasteiger partial charge in [-0.25, -0.2) is 38.3 Å². The molecule has 320 valence electrons. The van der Waals surface area contributed by atoms with Crippen LogP contribution in [-0.4, -0.2) is 70.4 Å². The lowest BCUT2D eigenvalue weighted by atomic mass is 9.97. The molecule has 2 aromatic carbocycles. The number of carbonyl (C=O) groups is 2.